The minimum Gasteiger partial charge on any atom is -0.292 e. The summed E-state index contributed by atoms with van der Waals surface area (Å²) in [5.74, 6) is -0.755. The maximum atomic E-state index is 11.6. The summed E-state index contributed by atoms with van der Waals surface area (Å²) in [6, 6.07) is 1.74. The zero-order chi connectivity index (χ0) is 11.6. The van der Waals surface area contributed by atoms with Gasteiger partial charge in [0.25, 0.3) is 0 Å². The van der Waals surface area contributed by atoms with E-state index in [4.69, 9.17) is 0 Å². The van der Waals surface area contributed by atoms with Crippen LogP contribution in [0.4, 0.5) is 0 Å². The van der Waals surface area contributed by atoms with Gasteiger partial charge in [-0.25, -0.2) is 8.42 Å². The van der Waals surface area contributed by atoms with Crippen molar-refractivity contribution >= 4 is 42.9 Å². The van der Waals surface area contributed by atoms with Gasteiger partial charge in [0.05, 0.1) is 10.1 Å². The monoisotopic (exact) mass is 310 g/mol. The molecule has 0 aliphatic carbocycles. The van der Waals surface area contributed by atoms with Crippen LogP contribution in [-0.4, -0.2) is 25.2 Å². The summed E-state index contributed by atoms with van der Waals surface area (Å²) in [5.41, 5.74) is 0. The first-order chi connectivity index (χ1) is 6.84. The van der Waals surface area contributed by atoms with Gasteiger partial charge in [-0.1, -0.05) is 0 Å². The molecule has 1 aromatic heterocycles. The number of thiophene rings is 1. The largest absolute Gasteiger partial charge is 0.292 e. The van der Waals surface area contributed by atoms with E-state index in [1.54, 1.807) is 25.3 Å². The average molecular weight is 311 g/mol. The lowest BCUT2D eigenvalue weighted by Gasteiger charge is -2.05. The normalized spacial score (nSPS) is 12.0. The third-order valence-electron chi connectivity index (χ3n) is 1.92. The molecule has 0 saturated carbocycles. The SMILES string of the molecule is CC(C)S(=O)(=O)CC(=O)c1sccc1Br. The van der Waals surface area contributed by atoms with Gasteiger partial charge in [0, 0.05) is 4.47 Å². The van der Waals surface area contributed by atoms with Crippen LogP contribution in [0, 0.1) is 0 Å². The molecule has 0 fully saturated rings. The molecule has 0 atom stereocenters. The van der Waals surface area contributed by atoms with E-state index in [9.17, 15) is 13.2 Å². The van der Waals surface area contributed by atoms with Gasteiger partial charge in [0.2, 0.25) is 0 Å². The summed E-state index contributed by atoms with van der Waals surface area (Å²) < 4.78 is 23.7. The van der Waals surface area contributed by atoms with Gasteiger partial charge in [0.1, 0.15) is 5.75 Å². The maximum absolute atomic E-state index is 11.6. The molecule has 0 aliphatic rings. The number of carbonyl (C=O) groups is 1. The van der Waals surface area contributed by atoms with E-state index in [2.05, 4.69) is 15.9 Å². The topological polar surface area (TPSA) is 51.2 Å². The highest BCUT2D eigenvalue weighted by atomic mass is 79.9. The molecule has 84 valence electrons. The number of Topliss-reactive ketones (excluding diaryl/α,β-unsaturated/α-hetero) is 1. The number of hydrogen-bond acceptors (Lipinski definition) is 4. The summed E-state index contributed by atoms with van der Waals surface area (Å²) in [7, 11) is -3.30. The summed E-state index contributed by atoms with van der Waals surface area (Å²) in [4.78, 5) is 12.1. The number of rotatable bonds is 4. The van der Waals surface area contributed by atoms with Crippen molar-refractivity contribution < 1.29 is 13.2 Å². The van der Waals surface area contributed by atoms with Crippen molar-refractivity contribution in [2.75, 3.05) is 5.75 Å². The Bertz CT molecular complexity index is 459. The van der Waals surface area contributed by atoms with E-state index in [-0.39, 0.29) is 5.78 Å². The van der Waals surface area contributed by atoms with Gasteiger partial charge < -0.3 is 0 Å². The molecule has 1 aromatic rings. The van der Waals surface area contributed by atoms with Crippen LogP contribution in [0.2, 0.25) is 0 Å². The van der Waals surface area contributed by atoms with Crippen LogP contribution in [0.15, 0.2) is 15.9 Å². The van der Waals surface area contributed by atoms with E-state index < -0.39 is 20.8 Å². The minimum atomic E-state index is -3.30. The molecular formula is C9H11BrO3S2. The van der Waals surface area contributed by atoms with Gasteiger partial charge >= 0.3 is 0 Å². The molecule has 15 heavy (non-hydrogen) atoms. The summed E-state index contributed by atoms with van der Waals surface area (Å²) in [5, 5.41) is 1.24. The van der Waals surface area contributed by atoms with E-state index in [0.717, 1.165) is 0 Å². The van der Waals surface area contributed by atoms with Crippen molar-refractivity contribution in [3.05, 3.63) is 20.8 Å². The Balaban J connectivity index is 2.87. The van der Waals surface area contributed by atoms with Crippen molar-refractivity contribution in [2.24, 2.45) is 0 Å². The Kier molecular flexibility index (Phi) is 4.08. The van der Waals surface area contributed by atoms with Crippen LogP contribution < -0.4 is 0 Å². The lowest BCUT2D eigenvalue weighted by atomic mass is 10.3. The minimum absolute atomic E-state index is 0.342. The van der Waals surface area contributed by atoms with Crippen molar-refractivity contribution in [1.29, 1.82) is 0 Å². The molecule has 0 spiro atoms. The van der Waals surface area contributed by atoms with Gasteiger partial charge in [-0.15, -0.1) is 11.3 Å². The first-order valence-corrected chi connectivity index (χ1v) is 7.71. The van der Waals surface area contributed by atoms with Crippen molar-refractivity contribution in [3.63, 3.8) is 0 Å². The smallest absolute Gasteiger partial charge is 0.188 e. The van der Waals surface area contributed by atoms with Crippen LogP contribution in [0.3, 0.4) is 0 Å². The Morgan fingerprint density at radius 3 is 2.53 bits per heavy atom. The second-order valence-corrected chi connectivity index (χ2v) is 7.70. The lowest BCUT2D eigenvalue weighted by Crippen LogP contribution is -2.23. The zero-order valence-electron chi connectivity index (χ0n) is 8.36. The Morgan fingerprint density at radius 1 is 1.53 bits per heavy atom. The number of ketones is 1. The standard InChI is InChI=1S/C9H11BrO3S2/c1-6(2)15(12,13)5-8(11)9-7(10)3-4-14-9/h3-4,6H,5H2,1-2H3. The zero-order valence-corrected chi connectivity index (χ0v) is 11.6. The molecular weight excluding hydrogens is 300 g/mol. The fraction of sp³-hybridized carbons (Fsp3) is 0.444. The number of carbonyl (C=O) groups excluding carboxylic acids is 1. The Hall–Kier alpha value is -0.200. The van der Waals surface area contributed by atoms with Gasteiger partial charge in [-0.2, -0.15) is 0 Å². The Morgan fingerprint density at radius 2 is 2.13 bits per heavy atom. The molecule has 0 aliphatic heterocycles. The van der Waals surface area contributed by atoms with Crippen molar-refractivity contribution in [1.82, 2.24) is 0 Å². The van der Waals surface area contributed by atoms with Crippen LogP contribution in [-0.2, 0) is 9.84 Å². The number of sulfone groups is 1. The summed E-state index contributed by atoms with van der Waals surface area (Å²) in [6.45, 7) is 3.15. The van der Waals surface area contributed by atoms with Crippen molar-refractivity contribution in [2.45, 2.75) is 19.1 Å². The van der Waals surface area contributed by atoms with Crippen LogP contribution >= 0.6 is 27.3 Å². The van der Waals surface area contributed by atoms with Crippen molar-refractivity contribution in [3.8, 4) is 0 Å². The quantitative estimate of drug-likeness (QED) is 0.803. The van der Waals surface area contributed by atoms with Crippen LogP contribution in [0.5, 0.6) is 0 Å². The molecule has 1 heterocycles. The fourth-order valence-corrected chi connectivity index (χ4v) is 3.38. The second-order valence-electron chi connectivity index (χ2n) is 3.38. The highest BCUT2D eigenvalue weighted by molar-refractivity contribution is 9.10. The molecule has 1 rings (SSSR count). The molecule has 0 bridgehead atoms. The summed E-state index contributed by atoms with van der Waals surface area (Å²) in [6.07, 6.45) is 0. The van der Waals surface area contributed by atoms with Gasteiger partial charge in [-0.3, -0.25) is 4.79 Å². The highest BCUT2D eigenvalue weighted by Gasteiger charge is 2.23. The first kappa shape index (κ1) is 12.9. The number of hydrogen-bond donors (Lipinski definition) is 0. The Labute approximate surface area is 102 Å². The highest BCUT2D eigenvalue weighted by Crippen LogP contribution is 2.23. The van der Waals surface area contributed by atoms with Crippen LogP contribution in [0.25, 0.3) is 0 Å². The van der Waals surface area contributed by atoms with Gasteiger partial charge in [-0.05, 0) is 41.2 Å². The molecule has 0 saturated heterocycles. The molecule has 0 aromatic carbocycles. The third-order valence-corrected chi connectivity index (χ3v) is 5.90. The molecule has 0 radical (unpaired) electrons. The van der Waals surface area contributed by atoms with E-state index in [1.807, 2.05) is 0 Å². The predicted octanol–water partition coefficient (Wildman–Crippen LogP) is 2.52. The molecule has 3 nitrogen and oxygen atoms in total. The van der Waals surface area contributed by atoms with E-state index in [0.29, 0.717) is 9.35 Å². The second kappa shape index (κ2) is 4.76. The van der Waals surface area contributed by atoms with E-state index in [1.165, 1.54) is 11.3 Å². The fourth-order valence-electron chi connectivity index (χ4n) is 0.908. The summed E-state index contributed by atoms with van der Waals surface area (Å²) >= 11 is 4.46. The number of halogens is 1. The predicted molar refractivity (Wildman–Crippen MR) is 65.3 cm³/mol. The molecule has 6 heteroatoms. The molecule has 0 amide bonds. The maximum Gasteiger partial charge on any atom is 0.188 e. The molecule has 0 N–H and O–H groups in total. The average Bonchev–Trinajstić information content (AvgIpc) is 2.50. The lowest BCUT2D eigenvalue weighted by molar-refractivity contribution is 0.102. The van der Waals surface area contributed by atoms with E-state index >= 15 is 0 Å². The van der Waals surface area contributed by atoms with Gasteiger partial charge in [0.15, 0.2) is 15.6 Å². The first-order valence-electron chi connectivity index (χ1n) is 4.32. The van der Waals surface area contributed by atoms with Crippen LogP contribution in [0.1, 0.15) is 23.5 Å². The molecule has 0 unspecified atom stereocenters. The third kappa shape index (κ3) is 3.12.